The molecule has 0 saturated carbocycles. The van der Waals surface area contributed by atoms with Crippen LogP contribution in [0.3, 0.4) is 0 Å². The molecule has 0 unspecified atom stereocenters. The van der Waals surface area contributed by atoms with Gasteiger partial charge in [-0.3, -0.25) is 9.59 Å². The summed E-state index contributed by atoms with van der Waals surface area (Å²) in [6.45, 7) is 10.1. The monoisotopic (exact) mass is 257 g/mol. The summed E-state index contributed by atoms with van der Waals surface area (Å²) in [5.74, 6) is -0.137. The highest BCUT2D eigenvalue weighted by Crippen LogP contribution is 2.08. The summed E-state index contributed by atoms with van der Waals surface area (Å²) < 4.78 is 0. The van der Waals surface area contributed by atoms with Gasteiger partial charge in [0.25, 0.3) is 0 Å². The van der Waals surface area contributed by atoms with Gasteiger partial charge >= 0.3 is 0 Å². The Kier molecular flexibility index (Phi) is 6.91. The molecule has 2 amide bonds. The van der Waals surface area contributed by atoms with Crippen molar-refractivity contribution >= 4 is 11.8 Å². The zero-order valence-electron chi connectivity index (χ0n) is 12.2. The Hall–Kier alpha value is -1.10. The van der Waals surface area contributed by atoms with E-state index in [1.807, 2.05) is 34.6 Å². The lowest BCUT2D eigenvalue weighted by Crippen LogP contribution is -2.43. The second-order valence-electron chi connectivity index (χ2n) is 5.62. The largest absolute Gasteiger partial charge is 0.352 e. The lowest BCUT2D eigenvalue weighted by Gasteiger charge is -2.23. The maximum absolute atomic E-state index is 11.9. The van der Waals surface area contributed by atoms with E-state index >= 15 is 0 Å². The van der Waals surface area contributed by atoms with Gasteiger partial charge in [-0.2, -0.15) is 0 Å². The van der Waals surface area contributed by atoms with Crippen molar-refractivity contribution in [2.75, 3.05) is 13.1 Å². The lowest BCUT2D eigenvalue weighted by atomic mass is 10.00. The van der Waals surface area contributed by atoms with Crippen LogP contribution in [-0.2, 0) is 9.59 Å². The molecule has 0 aromatic heterocycles. The number of nitrogens with one attached hydrogen (secondary N) is 1. The molecule has 0 aromatic carbocycles. The van der Waals surface area contributed by atoms with Crippen molar-refractivity contribution in [2.45, 2.75) is 59.0 Å². The van der Waals surface area contributed by atoms with Crippen LogP contribution in [0.1, 0.15) is 47.5 Å². The van der Waals surface area contributed by atoms with Crippen LogP contribution >= 0.6 is 0 Å². The van der Waals surface area contributed by atoms with E-state index in [2.05, 4.69) is 5.32 Å². The maximum atomic E-state index is 11.9. The average Bonchev–Trinajstić information content (AvgIpc) is 2.20. The van der Waals surface area contributed by atoms with Gasteiger partial charge in [0.1, 0.15) is 0 Å². The van der Waals surface area contributed by atoms with Crippen LogP contribution < -0.4 is 11.1 Å². The van der Waals surface area contributed by atoms with Gasteiger partial charge in [-0.1, -0.05) is 0 Å². The number of nitrogens with two attached hydrogens (primary N) is 1. The quantitative estimate of drug-likeness (QED) is 0.711. The van der Waals surface area contributed by atoms with E-state index < -0.39 is 0 Å². The van der Waals surface area contributed by atoms with Gasteiger partial charge < -0.3 is 16.0 Å². The van der Waals surface area contributed by atoms with Gasteiger partial charge in [0.05, 0.1) is 6.54 Å². The Balaban J connectivity index is 4.24. The molecule has 106 valence electrons. The van der Waals surface area contributed by atoms with Crippen LogP contribution in [0.4, 0.5) is 0 Å². The van der Waals surface area contributed by atoms with Crippen molar-refractivity contribution < 1.29 is 9.59 Å². The van der Waals surface area contributed by atoms with Crippen LogP contribution in [0.15, 0.2) is 0 Å². The molecule has 18 heavy (non-hydrogen) atoms. The van der Waals surface area contributed by atoms with Crippen molar-refractivity contribution in [3.63, 3.8) is 0 Å². The topological polar surface area (TPSA) is 75.4 Å². The predicted molar refractivity (Wildman–Crippen MR) is 73.0 cm³/mol. The van der Waals surface area contributed by atoms with Gasteiger partial charge in [-0.15, -0.1) is 0 Å². The zero-order valence-corrected chi connectivity index (χ0v) is 12.2. The summed E-state index contributed by atoms with van der Waals surface area (Å²) in [6.07, 6.45) is 1.00. The first kappa shape index (κ1) is 16.9. The Labute approximate surface area is 110 Å². The van der Waals surface area contributed by atoms with E-state index in [1.54, 1.807) is 4.90 Å². The van der Waals surface area contributed by atoms with Crippen molar-refractivity contribution in [1.82, 2.24) is 10.2 Å². The first-order chi connectivity index (χ1) is 8.15. The van der Waals surface area contributed by atoms with E-state index in [1.165, 1.54) is 0 Å². The van der Waals surface area contributed by atoms with Crippen molar-refractivity contribution in [3.8, 4) is 0 Å². The molecular formula is C13H27N3O2. The standard InChI is InChI=1S/C13H27N3O2/c1-6-16(9-11(17)15-10(2)3)12(18)7-8-13(4,5)14/h10H,6-9,14H2,1-5H3,(H,15,17). The summed E-state index contributed by atoms with van der Waals surface area (Å²) in [5.41, 5.74) is 5.49. The molecule has 3 N–H and O–H groups in total. The molecule has 0 aliphatic carbocycles. The molecule has 0 heterocycles. The van der Waals surface area contributed by atoms with Crippen LogP contribution in [-0.4, -0.2) is 41.4 Å². The van der Waals surface area contributed by atoms with Gasteiger partial charge in [0, 0.05) is 24.5 Å². The van der Waals surface area contributed by atoms with E-state index in [-0.39, 0.29) is 29.9 Å². The summed E-state index contributed by atoms with van der Waals surface area (Å²) in [4.78, 5) is 25.1. The minimum atomic E-state index is -0.352. The van der Waals surface area contributed by atoms with Crippen molar-refractivity contribution in [2.24, 2.45) is 5.73 Å². The van der Waals surface area contributed by atoms with Crippen LogP contribution in [0.2, 0.25) is 0 Å². The molecule has 0 aliphatic heterocycles. The third-order valence-electron chi connectivity index (χ3n) is 2.50. The Bertz CT molecular complexity index is 282. The van der Waals surface area contributed by atoms with E-state index in [4.69, 9.17) is 5.73 Å². The fourth-order valence-corrected chi connectivity index (χ4v) is 1.50. The number of hydrogen-bond donors (Lipinski definition) is 2. The molecule has 0 radical (unpaired) electrons. The molecule has 0 aliphatic rings. The predicted octanol–water partition coefficient (Wildman–Crippen LogP) is 0.877. The molecule has 5 heteroatoms. The summed E-state index contributed by atoms with van der Waals surface area (Å²) >= 11 is 0. The van der Waals surface area contributed by atoms with Crippen LogP contribution in [0, 0.1) is 0 Å². The van der Waals surface area contributed by atoms with E-state index in [0.717, 1.165) is 0 Å². The Morgan fingerprint density at radius 1 is 1.33 bits per heavy atom. The number of nitrogens with zero attached hydrogens (tertiary/aromatic N) is 1. The molecule has 0 aromatic rings. The summed E-state index contributed by atoms with van der Waals surface area (Å²) in [6, 6.07) is 0.0919. The molecular weight excluding hydrogens is 230 g/mol. The van der Waals surface area contributed by atoms with E-state index in [9.17, 15) is 9.59 Å². The van der Waals surface area contributed by atoms with Crippen molar-refractivity contribution in [1.29, 1.82) is 0 Å². The number of rotatable bonds is 7. The number of likely N-dealkylation sites (N-methyl/N-ethyl adjacent to an activating group) is 1. The highest BCUT2D eigenvalue weighted by atomic mass is 16.2. The molecule has 0 saturated heterocycles. The molecule has 0 spiro atoms. The second-order valence-corrected chi connectivity index (χ2v) is 5.62. The second kappa shape index (κ2) is 7.36. The average molecular weight is 257 g/mol. The van der Waals surface area contributed by atoms with Gasteiger partial charge in [-0.05, 0) is 41.0 Å². The smallest absolute Gasteiger partial charge is 0.239 e. The number of amides is 2. The van der Waals surface area contributed by atoms with E-state index in [0.29, 0.717) is 19.4 Å². The van der Waals surface area contributed by atoms with Crippen molar-refractivity contribution in [3.05, 3.63) is 0 Å². The lowest BCUT2D eigenvalue weighted by molar-refractivity contribution is -0.136. The first-order valence-electron chi connectivity index (χ1n) is 6.51. The third-order valence-corrected chi connectivity index (χ3v) is 2.50. The Morgan fingerprint density at radius 3 is 2.28 bits per heavy atom. The minimum Gasteiger partial charge on any atom is -0.352 e. The van der Waals surface area contributed by atoms with Gasteiger partial charge in [0.2, 0.25) is 11.8 Å². The maximum Gasteiger partial charge on any atom is 0.239 e. The Morgan fingerprint density at radius 2 is 1.89 bits per heavy atom. The number of carbonyl (C=O) groups excluding carboxylic acids is 2. The first-order valence-corrected chi connectivity index (χ1v) is 6.51. The summed E-state index contributed by atoms with van der Waals surface area (Å²) in [7, 11) is 0. The SMILES string of the molecule is CCN(CC(=O)NC(C)C)C(=O)CCC(C)(C)N. The molecule has 0 atom stereocenters. The van der Waals surface area contributed by atoms with Gasteiger partial charge in [0.15, 0.2) is 0 Å². The van der Waals surface area contributed by atoms with Gasteiger partial charge in [-0.25, -0.2) is 0 Å². The zero-order chi connectivity index (χ0) is 14.3. The molecule has 0 fully saturated rings. The number of carbonyl (C=O) groups is 2. The normalized spacial score (nSPS) is 11.5. The fraction of sp³-hybridized carbons (Fsp3) is 0.846. The van der Waals surface area contributed by atoms with Crippen LogP contribution in [0.5, 0.6) is 0 Å². The fourth-order valence-electron chi connectivity index (χ4n) is 1.50. The number of hydrogen-bond acceptors (Lipinski definition) is 3. The highest BCUT2D eigenvalue weighted by Gasteiger charge is 2.19. The molecule has 5 nitrogen and oxygen atoms in total. The third kappa shape index (κ3) is 8.06. The van der Waals surface area contributed by atoms with Crippen LogP contribution in [0.25, 0.3) is 0 Å². The highest BCUT2D eigenvalue weighted by molar-refractivity contribution is 5.84. The minimum absolute atomic E-state index is 0.0186. The molecule has 0 bridgehead atoms. The summed E-state index contributed by atoms with van der Waals surface area (Å²) in [5, 5.41) is 2.78. The molecule has 0 rings (SSSR count).